The lowest BCUT2D eigenvalue weighted by Crippen LogP contribution is -2.14. The second-order valence-electron chi connectivity index (χ2n) is 5.92. The van der Waals surface area contributed by atoms with E-state index in [0.717, 1.165) is 29.5 Å². The predicted octanol–water partition coefficient (Wildman–Crippen LogP) is 4.27. The van der Waals surface area contributed by atoms with Crippen LogP contribution in [0.1, 0.15) is 44.5 Å². The van der Waals surface area contributed by atoms with Crippen molar-refractivity contribution in [3.05, 3.63) is 48.3 Å². The van der Waals surface area contributed by atoms with E-state index >= 15 is 0 Å². The highest BCUT2D eigenvalue weighted by molar-refractivity contribution is 7.99. The molecule has 0 radical (unpaired) electrons. The van der Waals surface area contributed by atoms with Crippen molar-refractivity contribution < 1.29 is 4.79 Å². The number of thioether (sulfide) groups is 1. The number of aryl methyl sites for hydroxylation is 1. The van der Waals surface area contributed by atoms with Crippen molar-refractivity contribution in [1.29, 1.82) is 0 Å². The third kappa shape index (κ3) is 5.19. The van der Waals surface area contributed by atoms with Crippen LogP contribution in [0.15, 0.2) is 42.1 Å². The van der Waals surface area contributed by atoms with E-state index in [-0.39, 0.29) is 5.91 Å². The van der Waals surface area contributed by atoms with E-state index in [9.17, 15) is 4.79 Å². The first kappa shape index (κ1) is 19.2. The molecule has 0 aliphatic heterocycles. The summed E-state index contributed by atoms with van der Waals surface area (Å²) in [6.07, 6.45) is 3.72. The number of benzene rings is 1. The van der Waals surface area contributed by atoms with Crippen molar-refractivity contribution in [1.82, 2.24) is 14.8 Å². The third-order valence-electron chi connectivity index (χ3n) is 4.13. The second-order valence-corrected chi connectivity index (χ2v) is 6.86. The summed E-state index contributed by atoms with van der Waals surface area (Å²) in [6.45, 7) is 10.8. The average Bonchev–Trinajstić information content (AvgIpc) is 3.02. The highest BCUT2D eigenvalue weighted by Crippen LogP contribution is 2.21. The van der Waals surface area contributed by atoms with Gasteiger partial charge in [-0.2, -0.15) is 0 Å². The van der Waals surface area contributed by atoms with Gasteiger partial charge in [-0.15, -0.1) is 16.8 Å². The number of anilines is 1. The van der Waals surface area contributed by atoms with Gasteiger partial charge in [0.25, 0.3) is 0 Å². The first-order valence-electron chi connectivity index (χ1n) is 8.64. The molecule has 134 valence electrons. The minimum Gasteiger partial charge on any atom is -0.325 e. The molecule has 0 bridgehead atoms. The van der Waals surface area contributed by atoms with Gasteiger partial charge in [0.15, 0.2) is 5.16 Å². The summed E-state index contributed by atoms with van der Waals surface area (Å²) in [6, 6.07) is 8.06. The Morgan fingerprint density at radius 3 is 2.64 bits per heavy atom. The molecule has 0 spiro atoms. The van der Waals surface area contributed by atoms with Gasteiger partial charge in [-0.1, -0.05) is 50.7 Å². The Bertz CT molecular complexity index is 709. The summed E-state index contributed by atoms with van der Waals surface area (Å²) in [4.78, 5) is 12.2. The molecule has 25 heavy (non-hydrogen) atoms. The quantitative estimate of drug-likeness (QED) is 0.537. The molecule has 6 heteroatoms. The summed E-state index contributed by atoms with van der Waals surface area (Å²) in [7, 11) is 0. The number of amides is 1. The first-order chi connectivity index (χ1) is 12.1. The fourth-order valence-electron chi connectivity index (χ4n) is 2.46. The number of rotatable bonds is 9. The first-order valence-corrected chi connectivity index (χ1v) is 9.63. The molecule has 1 aromatic heterocycles. The molecule has 1 unspecified atom stereocenters. The van der Waals surface area contributed by atoms with Gasteiger partial charge in [0, 0.05) is 18.7 Å². The number of hydrogen-bond donors (Lipinski definition) is 1. The summed E-state index contributed by atoms with van der Waals surface area (Å²) in [5, 5.41) is 12.0. The van der Waals surface area contributed by atoms with Crippen molar-refractivity contribution in [3.8, 4) is 0 Å². The Balaban J connectivity index is 1.92. The standard InChI is InChI=1S/C19H26N4OS/c1-5-12-23-17(7-3)21-22-19(23)25-13-18(24)20-16-10-8-15(9-11-16)14(4)6-2/h5,8-11,14H,1,6-7,12-13H2,2-4H3,(H,20,24). The van der Waals surface area contributed by atoms with Gasteiger partial charge in [0.2, 0.25) is 5.91 Å². The fraction of sp³-hybridized carbons (Fsp3) is 0.421. The van der Waals surface area contributed by atoms with Gasteiger partial charge < -0.3 is 9.88 Å². The van der Waals surface area contributed by atoms with Crippen LogP contribution in [0.25, 0.3) is 0 Å². The molecule has 1 aromatic carbocycles. The molecular weight excluding hydrogens is 332 g/mol. The normalized spacial score (nSPS) is 12.0. The van der Waals surface area contributed by atoms with Gasteiger partial charge in [-0.3, -0.25) is 4.79 Å². The van der Waals surface area contributed by atoms with Crippen LogP contribution in [0.4, 0.5) is 5.69 Å². The molecule has 1 N–H and O–H groups in total. The number of nitrogens with zero attached hydrogens (tertiary/aromatic N) is 3. The topological polar surface area (TPSA) is 59.8 Å². The Morgan fingerprint density at radius 1 is 1.32 bits per heavy atom. The maximum Gasteiger partial charge on any atom is 0.234 e. The molecular formula is C19H26N4OS. The lowest BCUT2D eigenvalue weighted by atomic mass is 9.99. The monoisotopic (exact) mass is 358 g/mol. The number of carbonyl (C=O) groups is 1. The van der Waals surface area contributed by atoms with E-state index in [0.29, 0.717) is 18.2 Å². The minimum atomic E-state index is -0.0486. The molecule has 0 aliphatic rings. The summed E-state index contributed by atoms with van der Waals surface area (Å²) >= 11 is 1.39. The van der Waals surface area contributed by atoms with E-state index in [4.69, 9.17) is 0 Å². The maximum atomic E-state index is 12.2. The third-order valence-corrected chi connectivity index (χ3v) is 5.10. The van der Waals surface area contributed by atoms with Crippen molar-refractivity contribution in [2.45, 2.75) is 51.2 Å². The molecule has 0 saturated heterocycles. The van der Waals surface area contributed by atoms with Gasteiger partial charge in [0.05, 0.1) is 5.75 Å². The highest BCUT2D eigenvalue weighted by atomic mass is 32.2. The van der Waals surface area contributed by atoms with E-state index in [1.54, 1.807) is 0 Å². The zero-order valence-electron chi connectivity index (χ0n) is 15.2. The molecule has 2 aromatic rings. The molecule has 0 fully saturated rings. The Hall–Kier alpha value is -2.08. The number of carbonyl (C=O) groups excluding carboxylic acids is 1. The zero-order valence-corrected chi connectivity index (χ0v) is 16.0. The zero-order chi connectivity index (χ0) is 18.2. The van der Waals surface area contributed by atoms with Crippen molar-refractivity contribution >= 4 is 23.4 Å². The molecule has 1 atom stereocenters. The van der Waals surface area contributed by atoms with Crippen molar-refractivity contribution in [2.24, 2.45) is 0 Å². The fourth-order valence-corrected chi connectivity index (χ4v) is 3.22. The van der Waals surface area contributed by atoms with E-state index in [1.807, 2.05) is 29.7 Å². The van der Waals surface area contributed by atoms with E-state index in [1.165, 1.54) is 17.3 Å². The Kier molecular flexibility index (Phi) is 7.25. The lowest BCUT2D eigenvalue weighted by Gasteiger charge is -2.10. The second kappa shape index (κ2) is 9.42. The number of nitrogens with one attached hydrogen (secondary N) is 1. The van der Waals surface area contributed by atoms with Gasteiger partial charge in [-0.25, -0.2) is 0 Å². The van der Waals surface area contributed by atoms with Crippen LogP contribution < -0.4 is 5.32 Å². The Morgan fingerprint density at radius 2 is 2.04 bits per heavy atom. The van der Waals surface area contributed by atoms with Crippen molar-refractivity contribution in [3.63, 3.8) is 0 Å². The van der Waals surface area contributed by atoms with E-state index < -0.39 is 0 Å². The lowest BCUT2D eigenvalue weighted by molar-refractivity contribution is -0.113. The molecule has 1 amide bonds. The number of allylic oxidation sites excluding steroid dienone is 1. The predicted molar refractivity (Wildman–Crippen MR) is 104 cm³/mol. The summed E-state index contributed by atoms with van der Waals surface area (Å²) in [5.74, 6) is 1.69. The molecule has 0 aliphatic carbocycles. The number of aromatic nitrogens is 3. The van der Waals surface area contributed by atoms with Crippen LogP contribution in [-0.2, 0) is 17.8 Å². The van der Waals surface area contributed by atoms with Gasteiger partial charge >= 0.3 is 0 Å². The smallest absolute Gasteiger partial charge is 0.234 e. The Labute approximate surface area is 153 Å². The SMILES string of the molecule is C=CCn1c(CC)nnc1SCC(=O)Nc1ccc(C(C)CC)cc1. The molecule has 5 nitrogen and oxygen atoms in total. The maximum absolute atomic E-state index is 12.2. The van der Waals surface area contributed by atoms with Crippen LogP contribution in [0.3, 0.4) is 0 Å². The van der Waals surface area contributed by atoms with Crippen LogP contribution in [0.5, 0.6) is 0 Å². The highest BCUT2D eigenvalue weighted by Gasteiger charge is 2.12. The van der Waals surface area contributed by atoms with Crippen LogP contribution in [0.2, 0.25) is 0 Å². The van der Waals surface area contributed by atoms with Crippen LogP contribution >= 0.6 is 11.8 Å². The van der Waals surface area contributed by atoms with Crippen LogP contribution in [-0.4, -0.2) is 26.4 Å². The van der Waals surface area contributed by atoms with Crippen LogP contribution in [0, 0.1) is 0 Å². The molecule has 1 heterocycles. The molecule has 2 rings (SSSR count). The molecule has 0 saturated carbocycles. The van der Waals surface area contributed by atoms with E-state index in [2.05, 4.69) is 48.1 Å². The van der Waals surface area contributed by atoms with Gasteiger partial charge in [-0.05, 0) is 30.0 Å². The van der Waals surface area contributed by atoms with Crippen molar-refractivity contribution in [2.75, 3.05) is 11.1 Å². The number of hydrogen-bond acceptors (Lipinski definition) is 4. The summed E-state index contributed by atoms with van der Waals surface area (Å²) < 4.78 is 1.99. The largest absolute Gasteiger partial charge is 0.325 e. The minimum absolute atomic E-state index is 0.0486. The summed E-state index contributed by atoms with van der Waals surface area (Å²) in [5.41, 5.74) is 2.11. The average molecular weight is 359 g/mol. The van der Waals surface area contributed by atoms with Gasteiger partial charge in [0.1, 0.15) is 5.82 Å².